The topological polar surface area (TPSA) is 23.6 Å². The number of nitrogens with zero attached hydrogens (tertiary/aromatic N) is 2. The van der Waals surface area contributed by atoms with Gasteiger partial charge in [0.1, 0.15) is 0 Å². The van der Waals surface area contributed by atoms with Gasteiger partial charge in [-0.2, -0.15) is 0 Å². The van der Waals surface area contributed by atoms with Crippen LogP contribution in [0.3, 0.4) is 0 Å². The molecule has 2 aromatic rings. The van der Waals surface area contributed by atoms with Gasteiger partial charge in [0, 0.05) is 24.8 Å². The third-order valence-electron chi connectivity index (χ3n) is 6.49. The van der Waals surface area contributed by atoms with Crippen molar-refractivity contribution in [3.63, 3.8) is 0 Å². The first-order valence-corrected chi connectivity index (χ1v) is 9.44. The van der Waals surface area contributed by atoms with E-state index < -0.39 is 0 Å². The minimum Gasteiger partial charge on any atom is -0.306 e. The van der Waals surface area contributed by atoms with Gasteiger partial charge in [-0.15, -0.1) is 12.4 Å². The normalized spacial score (nSPS) is 22.0. The summed E-state index contributed by atoms with van der Waals surface area (Å²) in [5.74, 6) is 0.285. The molecule has 2 saturated heterocycles. The number of rotatable bonds is 2. The zero-order chi connectivity index (χ0) is 16.9. The van der Waals surface area contributed by atoms with Gasteiger partial charge >= 0.3 is 0 Å². The van der Waals surface area contributed by atoms with E-state index in [9.17, 15) is 4.79 Å². The molecular formula is C22H25ClN2O. The van der Waals surface area contributed by atoms with Crippen LogP contribution in [-0.2, 0) is 17.6 Å². The van der Waals surface area contributed by atoms with Crippen LogP contribution in [0.25, 0.3) is 0 Å². The predicted octanol–water partition coefficient (Wildman–Crippen LogP) is 3.85. The minimum atomic E-state index is 0. The molecule has 0 N–H and O–H groups in total. The number of hydrogen-bond donors (Lipinski definition) is 0. The number of halogens is 1. The Morgan fingerprint density at radius 2 is 1.42 bits per heavy atom. The minimum absolute atomic E-state index is 0. The molecule has 0 bridgehead atoms. The smallest absolute Gasteiger partial charge is 0.229 e. The lowest BCUT2D eigenvalue weighted by atomic mass is 9.75. The summed E-state index contributed by atoms with van der Waals surface area (Å²) < 4.78 is 0. The van der Waals surface area contributed by atoms with Crippen molar-refractivity contribution in [2.24, 2.45) is 0 Å². The first-order chi connectivity index (χ1) is 12.3. The summed E-state index contributed by atoms with van der Waals surface area (Å²) in [7, 11) is 0. The maximum absolute atomic E-state index is 12.3. The predicted molar refractivity (Wildman–Crippen MR) is 107 cm³/mol. The highest BCUT2D eigenvalue weighted by molar-refractivity contribution is 6.02. The van der Waals surface area contributed by atoms with Gasteiger partial charge in [0.2, 0.25) is 5.91 Å². The number of para-hydroxylation sites is 1. The summed E-state index contributed by atoms with van der Waals surface area (Å²) in [6.07, 6.45) is 5.29. The Labute approximate surface area is 161 Å². The van der Waals surface area contributed by atoms with Crippen LogP contribution in [0.15, 0.2) is 54.6 Å². The SMILES string of the molecule is Cl.O=C1CC2(CCN(C3Cc4ccccc4C3)CC2)N1c1ccccc1. The Balaban J connectivity index is 0.00000168. The van der Waals surface area contributed by atoms with Crippen molar-refractivity contribution in [3.05, 3.63) is 65.7 Å². The molecular weight excluding hydrogens is 344 g/mol. The number of carbonyl (C=O) groups is 1. The third kappa shape index (κ3) is 2.74. The lowest BCUT2D eigenvalue weighted by Gasteiger charge is -2.56. The quantitative estimate of drug-likeness (QED) is 0.752. The summed E-state index contributed by atoms with van der Waals surface area (Å²) in [5, 5.41) is 0. The summed E-state index contributed by atoms with van der Waals surface area (Å²) in [4.78, 5) is 17.0. The largest absolute Gasteiger partial charge is 0.306 e. The molecule has 2 aliphatic heterocycles. The van der Waals surface area contributed by atoms with Crippen LogP contribution in [0, 0.1) is 0 Å². The van der Waals surface area contributed by atoms with Gasteiger partial charge in [-0.1, -0.05) is 42.5 Å². The molecule has 4 heteroatoms. The van der Waals surface area contributed by atoms with Crippen molar-refractivity contribution >= 4 is 24.0 Å². The molecule has 0 unspecified atom stereocenters. The molecule has 0 radical (unpaired) electrons. The molecule has 0 saturated carbocycles. The highest BCUT2D eigenvalue weighted by Gasteiger charge is 2.53. The van der Waals surface area contributed by atoms with E-state index in [1.807, 2.05) is 18.2 Å². The summed E-state index contributed by atoms with van der Waals surface area (Å²) >= 11 is 0. The van der Waals surface area contributed by atoms with E-state index in [-0.39, 0.29) is 23.9 Å². The van der Waals surface area contributed by atoms with Crippen LogP contribution in [0.4, 0.5) is 5.69 Å². The van der Waals surface area contributed by atoms with E-state index in [1.54, 1.807) is 0 Å². The van der Waals surface area contributed by atoms with Gasteiger partial charge in [0.05, 0.1) is 12.0 Å². The fraction of sp³-hybridized carbons (Fsp3) is 0.409. The molecule has 26 heavy (non-hydrogen) atoms. The van der Waals surface area contributed by atoms with Crippen molar-refractivity contribution in [2.75, 3.05) is 18.0 Å². The Morgan fingerprint density at radius 1 is 0.846 bits per heavy atom. The molecule has 0 atom stereocenters. The van der Waals surface area contributed by atoms with Gasteiger partial charge in [-0.05, 0) is 48.9 Å². The summed E-state index contributed by atoms with van der Waals surface area (Å²) in [6.45, 7) is 2.21. The Bertz CT molecular complexity index is 774. The van der Waals surface area contributed by atoms with Crippen molar-refractivity contribution in [3.8, 4) is 0 Å². The van der Waals surface area contributed by atoms with Crippen molar-refractivity contribution in [2.45, 2.75) is 43.7 Å². The average Bonchev–Trinajstić information content (AvgIpc) is 3.07. The van der Waals surface area contributed by atoms with E-state index in [0.29, 0.717) is 6.04 Å². The molecule has 1 aliphatic carbocycles. The van der Waals surface area contributed by atoms with Gasteiger partial charge in [-0.3, -0.25) is 9.69 Å². The molecule has 2 aromatic carbocycles. The average molecular weight is 369 g/mol. The van der Waals surface area contributed by atoms with Crippen LogP contribution in [0.5, 0.6) is 0 Å². The number of fused-ring (bicyclic) bond motifs is 1. The van der Waals surface area contributed by atoms with Gasteiger partial charge in [-0.25, -0.2) is 0 Å². The number of anilines is 1. The Morgan fingerprint density at radius 3 is 2.00 bits per heavy atom. The van der Waals surface area contributed by atoms with Crippen LogP contribution < -0.4 is 4.90 Å². The highest BCUT2D eigenvalue weighted by atomic mass is 35.5. The summed E-state index contributed by atoms with van der Waals surface area (Å²) in [6, 6.07) is 19.7. The number of amides is 1. The Hall–Kier alpha value is -1.84. The van der Waals surface area contributed by atoms with Crippen molar-refractivity contribution in [1.82, 2.24) is 4.90 Å². The van der Waals surface area contributed by atoms with Crippen molar-refractivity contribution in [1.29, 1.82) is 0 Å². The molecule has 3 nitrogen and oxygen atoms in total. The zero-order valence-electron chi connectivity index (χ0n) is 14.9. The number of likely N-dealkylation sites (tertiary alicyclic amines) is 1. The molecule has 1 amide bonds. The van der Waals surface area contributed by atoms with E-state index in [0.717, 1.165) is 38.0 Å². The number of β-lactam (4-membered cyclic amide) rings is 1. The molecule has 0 aromatic heterocycles. The van der Waals surface area contributed by atoms with Crippen LogP contribution in [0.2, 0.25) is 0 Å². The second kappa shape index (κ2) is 6.71. The van der Waals surface area contributed by atoms with E-state index >= 15 is 0 Å². The second-order valence-electron chi connectivity index (χ2n) is 7.83. The lowest BCUT2D eigenvalue weighted by molar-refractivity contribution is -0.129. The number of hydrogen-bond acceptors (Lipinski definition) is 2. The second-order valence-corrected chi connectivity index (χ2v) is 7.83. The van der Waals surface area contributed by atoms with Crippen LogP contribution in [-0.4, -0.2) is 35.5 Å². The maximum atomic E-state index is 12.3. The van der Waals surface area contributed by atoms with Gasteiger partial charge in [0.25, 0.3) is 0 Å². The van der Waals surface area contributed by atoms with E-state index in [1.165, 1.54) is 24.0 Å². The first-order valence-electron chi connectivity index (χ1n) is 9.44. The molecule has 2 heterocycles. The van der Waals surface area contributed by atoms with Gasteiger partial charge < -0.3 is 4.90 Å². The third-order valence-corrected chi connectivity index (χ3v) is 6.49. The monoisotopic (exact) mass is 368 g/mol. The van der Waals surface area contributed by atoms with Crippen molar-refractivity contribution < 1.29 is 4.79 Å². The fourth-order valence-corrected chi connectivity index (χ4v) is 5.11. The number of benzene rings is 2. The first kappa shape index (κ1) is 17.6. The van der Waals surface area contributed by atoms with E-state index in [4.69, 9.17) is 0 Å². The Kier molecular flexibility index (Phi) is 4.54. The summed E-state index contributed by atoms with van der Waals surface area (Å²) in [5.41, 5.74) is 4.19. The highest BCUT2D eigenvalue weighted by Crippen LogP contribution is 2.44. The molecule has 5 rings (SSSR count). The number of piperidine rings is 1. The van der Waals surface area contributed by atoms with Crippen LogP contribution >= 0.6 is 12.4 Å². The van der Waals surface area contributed by atoms with E-state index in [2.05, 4.69) is 46.2 Å². The standard InChI is InChI=1S/C22H24N2O.ClH/c25-21-16-22(24(21)19-8-2-1-3-9-19)10-12-23(13-11-22)20-14-17-6-4-5-7-18(17)15-20;/h1-9,20H,10-16H2;1H. The number of carbonyl (C=O) groups excluding carboxylic acids is 1. The molecule has 2 fully saturated rings. The van der Waals surface area contributed by atoms with Crippen LogP contribution in [0.1, 0.15) is 30.4 Å². The maximum Gasteiger partial charge on any atom is 0.229 e. The lowest BCUT2D eigenvalue weighted by Crippen LogP contribution is -2.68. The molecule has 1 spiro atoms. The molecule has 3 aliphatic rings. The van der Waals surface area contributed by atoms with Gasteiger partial charge in [0.15, 0.2) is 0 Å². The fourth-order valence-electron chi connectivity index (χ4n) is 5.11. The molecule has 136 valence electrons. The zero-order valence-corrected chi connectivity index (χ0v) is 15.8.